The van der Waals surface area contributed by atoms with Crippen LogP contribution >= 0.6 is 0 Å². The fourth-order valence-corrected chi connectivity index (χ4v) is 2.37. The van der Waals surface area contributed by atoms with Crippen LogP contribution in [0.15, 0.2) is 24.3 Å². The number of carbonyl (C=O) groups is 2. The molecule has 8 heteroatoms. The van der Waals surface area contributed by atoms with Gasteiger partial charge in [-0.05, 0) is 45.3 Å². The van der Waals surface area contributed by atoms with Gasteiger partial charge in [0.25, 0.3) is 0 Å². The molecule has 1 aromatic carbocycles. The fourth-order valence-electron chi connectivity index (χ4n) is 2.37. The lowest BCUT2D eigenvalue weighted by atomic mass is 9.79. The van der Waals surface area contributed by atoms with E-state index in [0.717, 1.165) is 5.46 Å². The topological polar surface area (TPSA) is 94.1 Å². The van der Waals surface area contributed by atoms with Crippen molar-refractivity contribution < 1.29 is 28.7 Å². The summed E-state index contributed by atoms with van der Waals surface area (Å²) in [5, 5.41) is 11.1. The summed E-state index contributed by atoms with van der Waals surface area (Å²) in [7, 11) is -0.414. The highest BCUT2D eigenvalue weighted by Crippen LogP contribution is 2.36. The van der Waals surface area contributed by atoms with Crippen LogP contribution in [0.3, 0.4) is 0 Å². The van der Waals surface area contributed by atoms with Crippen LogP contribution in [-0.2, 0) is 18.9 Å². The third kappa shape index (κ3) is 5.22. The summed E-state index contributed by atoms with van der Waals surface area (Å²) in [6.07, 6.45) is -0.203. The lowest BCUT2D eigenvalue weighted by Crippen LogP contribution is -2.41. The van der Waals surface area contributed by atoms with E-state index in [0.29, 0.717) is 18.9 Å². The molecule has 1 heterocycles. The number of carbonyl (C=O) groups excluding carboxylic acids is 1. The van der Waals surface area contributed by atoms with Crippen molar-refractivity contribution in [1.82, 2.24) is 5.32 Å². The summed E-state index contributed by atoms with van der Waals surface area (Å²) < 4.78 is 17.6. The number of aliphatic carboxylic acids is 1. The lowest BCUT2D eigenvalue weighted by Gasteiger charge is -2.32. The number of nitrogens with one attached hydrogen (secondary N) is 1. The number of amides is 1. The van der Waals surface area contributed by atoms with E-state index in [9.17, 15) is 9.59 Å². The van der Waals surface area contributed by atoms with Crippen molar-refractivity contribution in [3.8, 4) is 5.75 Å². The number of hydrogen-bond acceptors (Lipinski definition) is 5. The average molecular weight is 363 g/mol. The van der Waals surface area contributed by atoms with Gasteiger partial charge in [-0.3, -0.25) is 9.59 Å². The summed E-state index contributed by atoms with van der Waals surface area (Å²) in [5.74, 6) is -0.615. The monoisotopic (exact) mass is 363 g/mol. The minimum absolute atomic E-state index is 0.0296. The number of carboxylic acids is 1. The zero-order chi connectivity index (χ0) is 19.4. The van der Waals surface area contributed by atoms with Gasteiger partial charge in [-0.1, -0.05) is 12.1 Å². The van der Waals surface area contributed by atoms with Crippen LogP contribution in [0.5, 0.6) is 5.75 Å². The predicted octanol–water partition coefficient (Wildman–Crippen LogP) is 1.35. The SMILES string of the molecule is CC1(C)OB(c2ccc(OCCNC(=O)CCC(=O)O)cc2)OC1(C)C. The highest BCUT2D eigenvalue weighted by Gasteiger charge is 2.51. The molecule has 2 N–H and O–H groups in total. The maximum Gasteiger partial charge on any atom is 0.494 e. The molecule has 1 aromatic rings. The standard InChI is InChI=1S/C18H26BNO6/c1-17(2)18(3,4)26-19(25-17)13-5-7-14(8-6-13)24-12-11-20-15(21)9-10-16(22)23/h5-8H,9-12H2,1-4H3,(H,20,21)(H,22,23). The maximum atomic E-state index is 11.4. The second-order valence-corrected chi connectivity index (χ2v) is 7.25. The Hall–Kier alpha value is -2.06. The third-order valence-corrected chi connectivity index (χ3v) is 4.66. The zero-order valence-electron chi connectivity index (χ0n) is 15.7. The third-order valence-electron chi connectivity index (χ3n) is 4.66. The van der Waals surface area contributed by atoms with E-state index in [1.165, 1.54) is 0 Å². The van der Waals surface area contributed by atoms with Crippen molar-refractivity contribution in [2.75, 3.05) is 13.2 Å². The average Bonchev–Trinajstić information content (AvgIpc) is 2.78. The Balaban J connectivity index is 1.76. The molecule has 0 radical (unpaired) electrons. The zero-order valence-corrected chi connectivity index (χ0v) is 15.7. The van der Waals surface area contributed by atoms with Crippen LogP contribution in [-0.4, -0.2) is 48.5 Å². The summed E-state index contributed by atoms with van der Waals surface area (Å²) >= 11 is 0. The summed E-state index contributed by atoms with van der Waals surface area (Å²) in [5.41, 5.74) is 0.148. The molecule has 0 bridgehead atoms. The van der Waals surface area contributed by atoms with Gasteiger partial charge in [-0.2, -0.15) is 0 Å². The normalized spacial score (nSPS) is 17.8. The Bertz CT molecular complexity index is 628. The smallest absolute Gasteiger partial charge is 0.492 e. The van der Waals surface area contributed by atoms with Gasteiger partial charge in [0.15, 0.2) is 0 Å². The molecule has 142 valence electrons. The van der Waals surface area contributed by atoms with Gasteiger partial charge in [0.1, 0.15) is 12.4 Å². The Labute approximate surface area is 154 Å². The second-order valence-electron chi connectivity index (χ2n) is 7.25. The molecule has 0 aliphatic carbocycles. The summed E-state index contributed by atoms with van der Waals surface area (Å²) in [6.45, 7) is 8.65. The number of hydrogen-bond donors (Lipinski definition) is 2. The second kappa shape index (κ2) is 8.10. The minimum atomic E-state index is -0.988. The molecule has 0 unspecified atom stereocenters. The van der Waals surface area contributed by atoms with E-state index in [4.69, 9.17) is 19.2 Å². The minimum Gasteiger partial charge on any atom is -0.492 e. The largest absolute Gasteiger partial charge is 0.494 e. The molecule has 2 rings (SSSR count). The van der Waals surface area contributed by atoms with Gasteiger partial charge in [0.2, 0.25) is 5.91 Å². The maximum absolute atomic E-state index is 11.4. The number of rotatable bonds is 8. The molecule has 0 atom stereocenters. The van der Waals surface area contributed by atoms with Crippen molar-refractivity contribution in [2.45, 2.75) is 51.7 Å². The number of carboxylic acid groups (broad SMARTS) is 1. The van der Waals surface area contributed by atoms with E-state index in [2.05, 4.69) is 5.32 Å². The molecular weight excluding hydrogens is 337 g/mol. The van der Waals surface area contributed by atoms with Gasteiger partial charge >= 0.3 is 13.1 Å². The van der Waals surface area contributed by atoms with E-state index >= 15 is 0 Å². The first-order chi connectivity index (χ1) is 12.1. The van der Waals surface area contributed by atoms with Crippen LogP contribution in [0, 0.1) is 0 Å². The van der Waals surface area contributed by atoms with Crippen molar-refractivity contribution in [2.24, 2.45) is 0 Å². The summed E-state index contributed by atoms with van der Waals surface area (Å²) in [4.78, 5) is 21.8. The van der Waals surface area contributed by atoms with Gasteiger partial charge in [-0.25, -0.2) is 0 Å². The van der Waals surface area contributed by atoms with Crippen LogP contribution in [0.1, 0.15) is 40.5 Å². The van der Waals surface area contributed by atoms with E-state index < -0.39 is 13.1 Å². The molecule has 1 saturated heterocycles. The number of ether oxygens (including phenoxy) is 1. The van der Waals surface area contributed by atoms with E-state index in [1.54, 1.807) is 0 Å². The molecular formula is C18H26BNO6. The van der Waals surface area contributed by atoms with Crippen molar-refractivity contribution in [1.29, 1.82) is 0 Å². The van der Waals surface area contributed by atoms with E-state index in [-0.39, 0.29) is 30.0 Å². The van der Waals surface area contributed by atoms with Crippen molar-refractivity contribution in [3.05, 3.63) is 24.3 Å². The molecule has 7 nitrogen and oxygen atoms in total. The molecule has 1 fully saturated rings. The first-order valence-corrected chi connectivity index (χ1v) is 8.68. The van der Waals surface area contributed by atoms with Crippen molar-refractivity contribution >= 4 is 24.5 Å². The molecule has 1 aliphatic rings. The molecule has 0 aromatic heterocycles. The molecule has 0 saturated carbocycles. The van der Waals surface area contributed by atoms with E-state index in [1.807, 2.05) is 52.0 Å². The van der Waals surface area contributed by atoms with Gasteiger partial charge in [0, 0.05) is 6.42 Å². The quantitative estimate of drug-likeness (QED) is 0.535. The Kier molecular flexibility index (Phi) is 6.31. The summed E-state index contributed by atoms with van der Waals surface area (Å²) in [6, 6.07) is 7.44. The molecule has 0 spiro atoms. The highest BCUT2D eigenvalue weighted by atomic mass is 16.7. The predicted molar refractivity (Wildman–Crippen MR) is 97.5 cm³/mol. The van der Waals surface area contributed by atoms with Crippen molar-refractivity contribution in [3.63, 3.8) is 0 Å². The Morgan fingerprint density at radius 2 is 1.65 bits per heavy atom. The van der Waals surface area contributed by atoms with Gasteiger partial charge < -0.3 is 24.5 Å². The highest BCUT2D eigenvalue weighted by molar-refractivity contribution is 6.62. The molecule has 1 aliphatic heterocycles. The van der Waals surface area contributed by atoms with Crippen LogP contribution in [0.4, 0.5) is 0 Å². The Morgan fingerprint density at radius 3 is 2.19 bits per heavy atom. The van der Waals surface area contributed by atoms with Crippen LogP contribution in [0.2, 0.25) is 0 Å². The fraction of sp³-hybridized carbons (Fsp3) is 0.556. The van der Waals surface area contributed by atoms with Crippen LogP contribution in [0.25, 0.3) is 0 Å². The first kappa shape index (κ1) is 20.3. The first-order valence-electron chi connectivity index (χ1n) is 8.68. The van der Waals surface area contributed by atoms with Crippen LogP contribution < -0.4 is 15.5 Å². The molecule has 1 amide bonds. The molecule has 26 heavy (non-hydrogen) atoms. The lowest BCUT2D eigenvalue weighted by molar-refractivity contribution is -0.138. The van der Waals surface area contributed by atoms with Gasteiger partial charge in [-0.15, -0.1) is 0 Å². The Morgan fingerprint density at radius 1 is 1.08 bits per heavy atom. The van der Waals surface area contributed by atoms with Gasteiger partial charge in [0.05, 0.1) is 24.2 Å². The number of benzene rings is 1.